The lowest BCUT2D eigenvalue weighted by atomic mass is 9.67. The van der Waals surface area contributed by atoms with Crippen LogP contribution in [-0.4, -0.2) is 0 Å². The third-order valence-corrected chi connectivity index (χ3v) is 13.7. The maximum absolute atomic E-state index is 2.46. The molecule has 11 aromatic rings. The number of hydrogen-bond donors (Lipinski definition) is 0. The molecule has 1 nitrogen and oxygen atoms in total. The molecule has 0 saturated heterocycles. The molecule has 0 N–H and O–H groups in total. The Balaban J connectivity index is 1.08. The summed E-state index contributed by atoms with van der Waals surface area (Å²) in [5, 5.41) is 7.64. The first-order valence-electron chi connectivity index (χ1n) is 20.3. The number of anilines is 3. The minimum atomic E-state index is -0.495. The first kappa shape index (κ1) is 33.8. The van der Waals surface area contributed by atoms with E-state index in [1.807, 2.05) is 11.3 Å². The van der Waals surface area contributed by atoms with Crippen molar-refractivity contribution < 1.29 is 0 Å². The van der Waals surface area contributed by atoms with Gasteiger partial charge in [-0.2, -0.15) is 0 Å². The predicted molar refractivity (Wildman–Crippen MR) is 252 cm³/mol. The number of fused-ring (bicyclic) bond motifs is 9. The van der Waals surface area contributed by atoms with Crippen LogP contribution in [0, 0.1) is 0 Å². The van der Waals surface area contributed by atoms with Gasteiger partial charge in [0.2, 0.25) is 0 Å². The van der Waals surface area contributed by atoms with Crippen molar-refractivity contribution >= 4 is 70.1 Å². The number of hydrogen-bond acceptors (Lipinski definition) is 2. The number of rotatable bonds is 6. The quantitative estimate of drug-likeness (QED) is 0.152. The first-order chi connectivity index (χ1) is 29.3. The van der Waals surface area contributed by atoms with Gasteiger partial charge in [0.15, 0.2) is 0 Å². The lowest BCUT2D eigenvalue weighted by molar-refractivity contribution is 0.768. The molecule has 0 fully saturated rings. The molecule has 1 aromatic heterocycles. The smallest absolute Gasteiger partial charge is 0.0714 e. The van der Waals surface area contributed by atoms with Crippen LogP contribution in [0.1, 0.15) is 22.3 Å². The monoisotopic (exact) mass is 767 g/mol. The van der Waals surface area contributed by atoms with Crippen LogP contribution in [0.15, 0.2) is 224 Å². The molecule has 12 rings (SSSR count). The largest absolute Gasteiger partial charge is 0.310 e. The molecule has 1 heterocycles. The Labute approximate surface area is 347 Å². The molecule has 0 unspecified atom stereocenters. The summed E-state index contributed by atoms with van der Waals surface area (Å²) in [6, 6.07) is 83.1. The number of benzene rings is 10. The molecule has 0 radical (unpaired) electrons. The zero-order chi connectivity index (χ0) is 38.9. The molecule has 0 bridgehead atoms. The highest BCUT2D eigenvalue weighted by Gasteiger charge is 2.46. The highest BCUT2D eigenvalue weighted by molar-refractivity contribution is 7.26. The van der Waals surface area contributed by atoms with Gasteiger partial charge in [-0.3, -0.25) is 0 Å². The molecule has 0 atom stereocenters. The fraction of sp³-hybridized carbons (Fsp3) is 0.0175. The summed E-state index contributed by atoms with van der Waals surface area (Å²) in [7, 11) is 0. The Morgan fingerprint density at radius 2 is 0.915 bits per heavy atom. The third-order valence-electron chi connectivity index (χ3n) is 12.5. The fourth-order valence-corrected chi connectivity index (χ4v) is 11.2. The van der Waals surface area contributed by atoms with E-state index >= 15 is 0 Å². The first-order valence-corrected chi connectivity index (χ1v) is 21.2. The van der Waals surface area contributed by atoms with Gasteiger partial charge >= 0.3 is 0 Å². The third kappa shape index (κ3) is 5.17. The maximum Gasteiger partial charge on any atom is 0.0714 e. The zero-order valence-electron chi connectivity index (χ0n) is 32.2. The summed E-state index contributed by atoms with van der Waals surface area (Å²) in [5.74, 6) is 0. The van der Waals surface area contributed by atoms with Crippen LogP contribution in [0.2, 0.25) is 0 Å². The minimum Gasteiger partial charge on any atom is -0.310 e. The van der Waals surface area contributed by atoms with E-state index in [-0.39, 0.29) is 0 Å². The van der Waals surface area contributed by atoms with Crippen molar-refractivity contribution in [2.75, 3.05) is 4.90 Å². The lowest BCUT2D eigenvalue weighted by Crippen LogP contribution is -2.28. The van der Waals surface area contributed by atoms with Gasteiger partial charge in [-0.1, -0.05) is 182 Å². The van der Waals surface area contributed by atoms with Crippen LogP contribution in [0.4, 0.5) is 17.1 Å². The van der Waals surface area contributed by atoms with Gasteiger partial charge in [-0.15, -0.1) is 11.3 Å². The van der Waals surface area contributed by atoms with Crippen molar-refractivity contribution in [2.45, 2.75) is 5.41 Å². The topological polar surface area (TPSA) is 3.24 Å². The standard InChI is InChI=1S/C57H37NS/c1-3-15-41(16-4-1)57(42-17-5-2-6-18-42)53-24-11-9-20-49(53)50-35-33-45(37-54(50)57)58(44-32-34-47-40(36-44)27-26-38-14-7-8-19-46(38)47)43-30-28-39(29-31-43)48-22-13-23-52-51-21-10-12-25-55(51)59-56(48)52/h1-37H. The van der Waals surface area contributed by atoms with Crippen molar-refractivity contribution in [2.24, 2.45) is 0 Å². The summed E-state index contributed by atoms with van der Waals surface area (Å²) in [6.07, 6.45) is 0. The van der Waals surface area contributed by atoms with Gasteiger partial charge < -0.3 is 4.90 Å². The summed E-state index contributed by atoms with van der Waals surface area (Å²) in [4.78, 5) is 2.45. The Morgan fingerprint density at radius 1 is 0.339 bits per heavy atom. The fourth-order valence-electron chi connectivity index (χ4n) is 9.92. The van der Waals surface area contributed by atoms with Gasteiger partial charge in [-0.25, -0.2) is 0 Å². The molecule has 1 aliphatic carbocycles. The van der Waals surface area contributed by atoms with Crippen LogP contribution in [0.3, 0.4) is 0 Å². The molecular formula is C57H37NS. The Bertz CT molecular complexity index is 3340. The summed E-state index contributed by atoms with van der Waals surface area (Å²) in [5.41, 5.74) is 13.0. The van der Waals surface area contributed by atoms with E-state index in [9.17, 15) is 0 Å². The van der Waals surface area contributed by atoms with Gasteiger partial charge in [0, 0.05) is 37.2 Å². The van der Waals surface area contributed by atoms with Gasteiger partial charge in [0.25, 0.3) is 0 Å². The van der Waals surface area contributed by atoms with E-state index in [4.69, 9.17) is 0 Å². The Hall–Kier alpha value is -7.26. The SMILES string of the molecule is c1ccc(C2(c3ccccc3)c3ccccc3-c3ccc(N(c4ccc(-c5cccc6c5sc5ccccc56)cc4)c4ccc5c(ccc6ccccc65)c4)cc32)cc1. The molecule has 10 aromatic carbocycles. The number of nitrogens with zero attached hydrogens (tertiary/aromatic N) is 1. The number of thiophene rings is 1. The maximum atomic E-state index is 2.46. The van der Waals surface area contributed by atoms with Crippen LogP contribution in [-0.2, 0) is 5.41 Å². The average Bonchev–Trinajstić information content (AvgIpc) is 3.84. The minimum absolute atomic E-state index is 0.495. The molecular weight excluding hydrogens is 731 g/mol. The highest BCUT2D eigenvalue weighted by Crippen LogP contribution is 2.57. The van der Waals surface area contributed by atoms with Gasteiger partial charge in [0.05, 0.1) is 5.41 Å². The summed E-state index contributed by atoms with van der Waals surface area (Å²) in [6.45, 7) is 0. The molecule has 0 aliphatic heterocycles. The normalized spacial score (nSPS) is 12.9. The summed E-state index contributed by atoms with van der Waals surface area (Å²) < 4.78 is 2.65. The van der Waals surface area contributed by atoms with Crippen molar-refractivity contribution in [3.63, 3.8) is 0 Å². The highest BCUT2D eigenvalue weighted by atomic mass is 32.1. The lowest BCUT2D eigenvalue weighted by Gasteiger charge is -2.35. The second-order valence-electron chi connectivity index (χ2n) is 15.6. The molecule has 59 heavy (non-hydrogen) atoms. The second-order valence-corrected chi connectivity index (χ2v) is 16.7. The van der Waals surface area contributed by atoms with Crippen LogP contribution < -0.4 is 4.90 Å². The molecule has 0 saturated carbocycles. The van der Waals surface area contributed by atoms with Crippen molar-refractivity contribution in [3.05, 3.63) is 247 Å². The van der Waals surface area contributed by atoms with Gasteiger partial charge in [0.1, 0.15) is 0 Å². The Kier molecular flexibility index (Phi) is 7.69. The van der Waals surface area contributed by atoms with Crippen molar-refractivity contribution in [3.8, 4) is 22.3 Å². The van der Waals surface area contributed by atoms with Crippen molar-refractivity contribution in [1.29, 1.82) is 0 Å². The predicted octanol–water partition coefficient (Wildman–Crippen LogP) is 15.9. The summed E-state index contributed by atoms with van der Waals surface area (Å²) >= 11 is 1.88. The van der Waals surface area contributed by atoms with Crippen molar-refractivity contribution in [1.82, 2.24) is 0 Å². The van der Waals surface area contributed by atoms with Gasteiger partial charge in [-0.05, 0) is 109 Å². The van der Waals surface area contributed by atoms with E-state index in [1.165, 1.54) is 86.2 Å². The molecule has 1 aliphatic rings. The van der Waals surface area contributed by atoms with E-state index in [2.05, 4.69) is 229 Å². The molecule has 276 valence electrons. The second kappa shape index (κ2) is 13.4. The van der Waals surface area contributed by atoms with E-state index in [0.29, 0.717) is 0 Å². The van der Waals surface area contributed by atoms with Crippen LogP contribution in [0.25, 0.3) is 64.0 Å². The Morgan fingerprint density at radius 3 is 1.73 bits per heavy atom. The average molecular weight is 768 g/mol. The molecule has 2 heteroatoms. The van der Waals surface area contributed by atoms with E-state index in [0.717, 1.165) is 17.1 Å². The van der Waals surface area contributed by atoms with Crippen LogP contribution in [0.5, 0.6) is 0 Å². The van der Waals surface area contributed by atoms with E-state index < -0.39 is 5.41 Å². The van der Waals surface area contributed by atoms with E-state index in [1.54, 1.807) is 0 Å². The van der Waals surface area contributed by atoms with Crippen LogP contribution >= 0.6 is 11.3 Å². The molecule has 0 spiro atoms. The molecule has 0 amide bonds. The zero-order valence-corrected chi connectivity index (χ0v) is 33.0.